The number of nitrogens with zero attached hydrogens (tertiary/aromatic N) is 1. The summed E-state index contributed by atoms with van der Waals surface area (Å²) in [5, 5.41) is 8.73. The highest BCUT2D eigenvalue weighted by molar-refractivity contribution is 5.77. The first-order valence-corrected chi connectivity index (χ1v) is 5.24. The van der Waals surface area contributed by atoms with Gasteiger partial charge in [0.05, 0.1) is 6.61 Å². The molecule has 1 saturated heterocycles. The molecule has 1 fully saturated rings. The lowest BCUT2D eigenvalue weighted by Gasteiger charge is -2.32. The molecule has 1 heterocycles. The molecule has 0 saturated carbocycles. The second-order valence-corrected chi connectivity index (χ2v) is 3.67. The number of hydrogen-bond donors (Lipinski definition) is 1. The zero-order valence-corrected chi connectivity index (χ0v) is 8.74. The van der Waals surface area contributed by atoms with Crippen molar-refractivity contribution in [3.63, 3.8) is 0 Å². The van der Waals surface area contributed by atoms with Crippen LogP contribution in [-0.2, 0) is 9.53 Å². The molecule has 4 heteroatoms. The van der Waals surface area contributed by atoms with E-state index in [0.29, 0.717) is 5.92 Å². The summed E-state index contributed by atoms with van der Waals surface area (Å²) in [5.41, 5.74) is 0. The molecule has 14 heavy (non-hydrogen) atoms. The summed E-state index contributed by atoms with van der Waals surface area (Å²) in [7, 11) is 0. The molecule has 1 amide bonds. The number of aliphatic hydroxyl groups excluding tert-OH is 1. The molecule has 4 nitrogen and oxygen atoms in total. The number of likely N-dealkylation sites (tertiary alicyclic amines) is 1. The molecule has 0 aromatic heterocycles. The molecule has 0 aromatic carbocycles. The highest BCUT2D eigenvalue weighted by Crippen LogP contribution is 2.16. The normalized spacial score (nSPS) is 22.4. The first kappa shape index (κ1) is 11.5. The molecular formula is C10H19NO3. The molecule has 0 bridgehead atoms. The molecular weight excluding hydrogens is 182 g/mol. The molecule has 1 atom stereocenters. The molecule has 0 spiro atoms. The van der Waals surface area contributed by atoms with Crippen molar-refractivity contribution < 1.29 is 14.6 Å². The highest BCUT2D eigenvalue weighted by atomic mass is 16.5. The Morgan fingerprint density at radius 1 is 1.64 bits per heavy atom. The Labute approximate surface area is 84.8 Å². The average molecular weight is 201 g/mol. The topological polar surface area (TPSA) is 49.8 Å². The molecule has 1 aliphatic rings. The quantitative estimate of drug-likeness (QED) is 0.709. The third-order valence-electron chi connectivity index (χ3n) is 2.56. The summed E-state index contributed by atoms with van der Waals surface area (Å²) in [6, 6.07) is 0. The van der Waals surface area contributed by atoms with Crippen molar-refractivity contribution >= 4 is 5.91 Å². The van der Waals surface area contributed by atoms with Gasteiger partial charge in [0, 0.05) is 19.7 Å². The molecule has 0 radical (unpaired) electrons. The van der Waals surface area contributed by atoms with Crippen LogP contribution in [0, 0.1) is 5.92 Å². The van der Waals surface area contributed by atoms with E-state index in [-0.39, 0.29) is 12.5 Å². The van der Waals surface area contributed by atoms with E-state index >= 15 is 0 Å². The standard InChI is InChI=1S/C10H19NO3/c1-2-14-8-9-4-3-5-11(6-9)10(13)7-12/h9,12H,2-8H2,1H3. The van der Waals surface area contributed by atoms with Crippen LogP contribution in [0.15, 0.2) is 0 Å². The van der Waals surface area contributed by atoms with Crippen molar-refractivity contribution in [3.05, 3.63) is 0 Å². The molecule has 1 rings (SSSR count). The summed E-state index contributed by atoms with van der Waals surface area (Å²) in [4.78, 5) is 13.0. The zero-order chi connectivity index (χ0) is 10.4. The Morgan fingerprint density at radius 3 is 3.07 bits per heavy atom. The maximum absolute atomic E-state index is 11.2. The van der Waals surface area contributed by atoms with Crippen molar-refractivity contribution in [1.82, 2.24) is 4.90 Å². The van der Waals surface area contributed by atoms with Crippen LogP contribution in [0.25, 0.3) is 0 Å². The summed E-state index contributed by atoms with van der Waals surface area (Å²) < 4.78 is 5.33. The number of carbonyl (C=O) groups excluding carboxylic acids is 1. The number of piperidine rings is 1. The molecule has 1 aliphatic heterocycles. The van der Waals surface area contributed by atoms with Gasteiger partial charge in [-0.3, -0.25) is 4.79 Å². The minimum absolute atomic E-state index is 0.161. The minimum atomic E-state index is -0.374. The van der Waals surface area contributed by atoms with Gasteiger partial charge in [0.1, 0.15) is 6.61 Å². The van der Waals surface area contributed by atoms with E-state index in [1.54, 1.807) is 4.90 Å². The van der Waals surface area contributed by atoms with Gasteiger partial charge in [-0.25, -0.2) is 0 Å². The van der Waals surface area contributed by atoms with Crippen molar-refractivity contribution in [2.45, 2.75) is 19.8 Å². The van der Waals surface area contributed by atoms with Crippen molar-refractivity contribution in [2.75, 3.05) is 32.9 Å². The fraction of sp³-hybridized carbons (Fsp3) is 0.900. The smallest absolute Gasteiger partial charge is 0.248 e. The molecule has 1 unspecified atom stereocenters. The first-order valence-electron chi connectivity index (χ1n) is 5.24. The second-order valence-electron chi connectivity index (χ2n) is 3.67. The number of carbonyl (C=O) groups is 1. The molecule has 82 valence electrons. The van der Waals surface area contributed by atoms with Crippen LogP contribution in [0.1, 0.15) is 19.8 Å². The maximum atomic E-state index is 11.2. The van der Waals surface area contributed by atoms with Crippen molar-refractivity contribution in [1.29, 1.82) is 0 Å². The molecule has 0 aliphatic carbocycles. The van der Waals surface area contributed by atoms with E-state index in [1.807, 2.05) is 6.92 Å². The molecule has 0 aromatic rings. The third kappa shape index (κ3) is 3.27. The predicted octanol–water partition coefficient (Wildman–Crippen LogP) is 0.254. The number of hydrogen-bond acceptors (Lipinski definition) is 3. The van der Waals surface area contributed by atoms with Gasteiger partial charge < -0.3 is 14.7 Å². The van der Waals surface area contributed by atoms with Crippen LogP contribution < -0.4 is 0 Å². The summed E-state index contributed by atoms with van der Waals surface area (Å²) in [6.07, 6.45) is 2.14. The van der Waals surface area contributed by atoms with Gasteiger partial charge in [-0.1, -0.05) is 0 Å². The fourth-order valence-electron chi connectivity index (χ4n) is 1.81. The molecule has 1 N–H and O–H groups in total. The van der Waals surface area contributed by atoms with Gasteiger partial charge in [-0.2, -0.15) is 0 Å². The summed E-state index contributed by atoms with van der Waals surface area (Å²) in [5.74, 6) is 0.283. The largest absolute Gasteiger partial charge is 0.387 e. The third-order valence-corrected chi connectivity index (χ3v) is 2.56. The van der Waals surface area contributed by atoms with Crippen LogP contribution in [0.3, 0.4) is 0 Å². The number of aliphatic hydroxyl groups is 1. The Bertz CT molecular complexity index is 184. The van der Waals surface area contributed by atoms with Crippen LogP contribution in [0.2, 0.25) is 0 Å². The van der Waals surface area contributed by atoms with E-state index < -0.39 is 0 Å². The maximum Gasteiger partial charge on any atom is 0.248 e. The van der Waals surface area contributed by atoms with E-state index in [1.165, 1.54) is 0 Å². The van der Waals surface area contributed by atoms with Gasteiger partial charge in [-0.15, -0.1) is 0 Å². The zero-order valence-electron chi connectivity index (χ0n) is 8.74. The Morgan fingerprint density at radius 2 is 2.43 bits per heavy atom. The lowest BCUT2D eigenvalue weighted by molar-refractivity contribution is -0.136. The SMILES string of the molecule is CCOCC1CCCN(C(=O)CO)C1. The van der Waals surface area contributed by atoms with E-state index in [2.05, 4.69) is 0 Å². The van der Waals surface area contributed by atoms with Gasteiger partial charge in [-0.05, 0) is 25.7 Å². The lowest BCUT2D eigenvalue weighted by Crippen LogP contribution is -2.42. The lowest BCUT2D eigenvalue weighted by atomic mass is 9.99. The minimum Gasteiger partial charge on any atom is -0.387 e. The van der Waals surface area contributed by atoms with E-state index in [9.17, 15) is 4.79 Å². The van der Waals surface area contributed by atoms with E-state index in [4.69, 9.17) is 9.84 Å². The number of ether oxygens (including phenoxy) is 1. The second kappa shape index (κ2) is 5.98. The van der Waals surface area contributed by atoms with Crippen molar-refractivity contribution in [3.8, 4) is 0 Å². The highest BCUT2D eigenvalue weighted by Gasteiger charge is 2.22. The summed E-state index contributed by atoms with van der Waals surface area (Å²) in [6.45, 7) is 4.57. The van der Waals surface area contributed by atoms with Crippen LogP contribution in [0.5, 0.6) is 0 Å². The Kier molecular flexibility index (Phi) is 4.90. The summed E-state index contributed by atoms with van der Waals surface area (Å²) >= 11 is 0. The fourth-order valence-corrected chi connectivity index (χ4v) is 1.81. The van der Waals surface area contributed by atoms with Gasteiger partial charge in [0.2, 0.25) is 5.91 Å². The van der Waals surface area contributed by atoms with Gasteiger partial charge >= 0.3 is 0 Å². The van der Waals surface area contributed by atoms with Crippen molar-refractivity contribution in [2.24, 2.45) is 5.92 Å². The number of amides is 1. The monoisotopic (exact) mass is 201 g/mol. The predicted molar refractivity (Wildman–Crippen MR) is 52.9 cm³/mol. The van der Waals surface area contributed by atoms with Crippen LogP contribution in [0.4, 0.5) is 0 Å². The average Bonchev–Trinajstić information content (AvgIpc) is 2.25. The van der Waals surface area contributed by atoms with E-state index in [0.717, 1.165) is 39.1 Å². The van der Waals surface area contributed by atoms with Gasteiger partial charge in [0.15, 0.2) is 0 Å². The Balaban J connectivity index is 2.31. The van der Waals surface area contributed by atoms with Crippen LogP contribution in [-0.4, -0.2) is 48.8 Å². The van der Waals surface area contributed by atoms with Crippen LogP contribution >= 0.6 is 0 Å². The number of rotatable bonds is 4. The Hall–Kier alpha value is -0.610. The van der Waals surface area contributed by atoms with Gasteiger partial charge in [0.25, 0.3) is 0 Å². The first-order chi connectivity index (χ1) is 6.77.